The standard InChI is InChI=1S/C21H21N9O2.C2H4O2/c1-12-10-14(11-17(25-12)32-2)18(26-15-7-5-13(6-8-15)19(22)23)20-27-21(31)30(29-20)16-4-3-9-24-28-16;1-2(3)4/h3-11,18,26H,1-2H3,(H3,22,23)(H,27,29,31);1H3,(H,3,4). The van der Waals surface area contributed by atoms with E-state index >= 15 is 0 Å². The maximum Gasteiger partial charge on any atom is 0.349 e. The molecule has 0 saturated heterocycles. The molecule has 3 aromatic heterocycles. The fourth-order valence-corrected chi connectivity index (χ4v) is 3.19. The van der Waals surface area contributed by atoms with Gasteiger partial charge < -0.3 is 20.9 Å². The van der Waals surface area contributed by atoms with Crippen molar-refractivity contribution in [1.82, 2.24) is 29.9 Å². The average Bonchev–Trinajstić information content (AvgIpc) is 3.23. The first-order valence-corrected chi connectivity index (χ1v) is 10.6. The van der Waals surface area contributed by atoms with Gasteiger partial charge in [-0.05, 0) is 55.0 Å². The molecule has 4 rings (SSSR count). The Hall–Kier alpha value is -5.07. The van der Waals surface area contributed by atoms with E-state index in [0.29, 0.717) is 23.1 Å². The highest BCUT2D eigenvalue weighted by atomic mass is 16.5. The van der Waals surface area contributed by atoms with Crippen LogP contribution in [-0.2, 0) is 4.79 Å². The van der Waals surface area contributed by atoms with Gasteiger partial charge in [0.1, 0.15) is 11.9 Å². The largest absolute Gasteiger partial charge is 0.481 e. The van der Waals surface area contributed by atoms with Crippen molar-refractivity contribution in [3.8, 4) is 11.7 Å². The molecule has 0 aliphatic carbocycles. The maximum absolute atomic E-state index is 12.6. The van der Waals surface area contributed by atoms with E-state index in [0.717, 1.165) is 28.6 Å². The number of methoxy groups -OCH3 is 1. The van der Waals surface area contributed by atoms with Crippen LogP contribution in [0.3, 0.4) is 0 Å². The molecule has 3 heterocycles. The van der Waals surface area contributed by atoms with Crippen molar-refractivity contribution < 1.29 is 14.6 Å². The number of aliphatic carboxylic acids is 1. The van der Waals surface area contributed by atoms with Crippen molar-refractivity contribution in [3.63, 3.8) is 0 Å². The summed E-state index contributed by atoms with van der Waals surface area (Å²) in [7, 11) is 1.54. The minimum absolute atomic E-state index is 0.0189. The van der Waals surface area contributed by atoms with Gasteiger partial charge in [-0.25, -0.2) is 9.78 Å². The van der Waals surface area contributed by atoms with Gasteiger partial charge in [0.25, 0.3) is 5.97 Å². The number of pyridine rings is 1. The Balaban J connectivity index is 0.000000840. The van der Waals surface area contributed by atoms with Crippen LogP contribution in [-0.4, -0.2) is 54.0 Å². The van der Waals surface area contributed by atoms with Gasteiger partial charge in [-0.3, -0.25) is 15.2 Å². The molecule has 1 atom stereocenters. The van der Waals surface area contributed by atoms with E-state index in [2.05, 4.69) is 30.6 Å². The average molecular weight is 492 g/mol. The monoisotopic (exact) mass is 491 g/mol. The first-order valence-electron chi connectivity index (χ1n) is 10.6. The Morgan fingerprint density at radius 3 is 2.53 bits per heavy atom. The van der Waals surface area contributed by atoms with Gasteiger partial charge in [0, 0.05) is 36.1 Å². The summed E-state index contributed by atoms with van der Waals surface area (Å²) >= 11 is 0. The van der Waals surface area contributed by atoms with Crippen molar-refractivity contribution in [2.24, 2.45) is 5.73 Å². The van der Waals surface area contributed by atoms with Crippen LogP contribution >= 0.6 is 0 Å². The van der Waals surface area contributed by atoms with Gasteiger partial charge in [-0.1, -0.05) is 0 Å². The number of aromatic amines is 1. The Morgan fingerprint density at radius 2 is 1.94 bits per heavy atom. The molecule has 0 radical (unpaired) electrons. The number of nitrogen functional groups attached to an aromatic ring is 1. The molecule has 1 aromatic carbocycles. The normalized spacial score (nSPS) is 11.1. The van der Waals surface area contributed by atoms with Crippen LogP contribution in [0.15, 0.2) is 59.5 Å². The molecule has 6 N–H and O–H groups in total. The van der Waals surface area contributed by atoms with Gasteiger partial charge in [0.15, 0.2) is 11.6 Å². The van der Waals surface area contributed by atoms with Crippen LogP contribution in [0, 0.1) is 12.3 Å². The molecule has 0 fully saturated rings. The van der Waals surface area contributed by atoms with Crippen LogP contribution in [0.2, 0.25) is 0 Å². The number of anilines is 1. The lowest BCUT2D eigenvalue weighted by molar-refractivity contribution is -0.134. The van der Waals surface area contributed by atoms with E-state index in [9.17, 15) is 4.79 Å². The molecule has 0 spiro atoms. The van der Waals surface area contributed by atoms with Crippen molar-refractivity contribution in [2.45, 2.75) is 19.9 Å². The number of amidine groups is 1. The summed E-state index contributed by atoms with van der Waals surface area (Å²) in [6, 6.07) is 13.5. The lowest BCUT2D eigenvalue weighted by Gasteiger charge is -2.19. The summed E-state index contributed by atoms with van der Waals surface area (Å²) in [4.78, 5) is 28.7. The van der Waals surface area contributed by atoms with E-state index in [1.807, 2.05) is 13.0 Å². The highest BCUT2D eigenvalue weighted by molar-refractivity contribution is 5.95. The predicted octanol–water partition coefficient (Wildman–Crippen LogP) is 1.64. The van der Waals surface area contributed by atoms with Crippen LogP contribution in [0.5, 0.6) is 5.88 Å². The number of nitrogens with one attached hydrogen (secondary N) is 3. The number of benzene rings is 1. The number of hydrogen-bond acceptors (Lipinski definition) is 9. The molecular formula is C23H25N9O4. The molecule has 13 nitrogen and oxygen atoms in total. The first-order chi connectivity index (χ1) is 17.2. The quantitative estimate of drug-likeness (QED) is 0.187. The van der Waals surface area contributed by atoms with Crippen LogP contribution in [0.1, 0.15) is 35.6 Å². The van der Waals surface area contributed by atoms with E-state index < -0.39 is 17.7 Å². The molecule has 13 heteroatoms. The molecule has 0 aliphatic heterocycles. The molecule has 36 heavy (non-hydrogen) atoms. The van der Waals surface area contributed by atoms with Crippen molar-refractivity contribution in [1.29, 1.82) is 5.41 Å². The molecule has 0 aliphatic rings. The molecular weight excluding hydrogens is 466 g/mol. The number of aromatic nitrogens is 6. The smallest absolute Gasteiger partial charge is 0.349 e. The second-order valence-electron chi connectivity index (χ2n) is 7.48. The zero-order valence-corrected chi connectivity index (χ0v) is 19.8. The number of nitrogens with zero attached hydrogens (tertiary/aromatic N) is 5. The van der Waals surface area contributed by atoms with Gasteiger partial charge in [0.2, 0.25) is 5.88 Å². The van der Waals surface area contributed by atoms with E-state index in [-0.39, 0.29) is 5.84 Å². The van der Waals surface area contributed by atoms with Crippen molar-refractivity contribution >= 4 is 17.5 Å². The summed E-state index contributed by atoms with van der Waals surface area (Å²) in [5.74, 6) is 0.251. The fourth-order valence-electron chi connectivity index (χ4n) is 3.19. The number of rotatable bonds is 7. The lowest BCUT2D eigenvalue weighted by atomic mass is 10.1. The van der Waals surface area contributed by atoms with Gasteiger partial charge in [-0.2, -0.15) is 9.78 Å². The summed E-state index contributed by atoms with van der Waals surface area (Å²) in [6.07, 6.45) is 1.52. The Labute approximate surface area is 205 Å². The second-order valence-corrected chi connectivity index (χ2v) is 7.48. The fraction of sp³-hybridized carbons (Fsp3) is 0.174. The van der Waals surface area contributed by atoms with E-state index in [4.69, 9.17) is 25.8 Å². The number of ether oxygens (including phenoxy) is 1. The van der Waals surface area contributed by atoms with Crippen molar-refractivity contribution in [2.75, 3.05) is 12.4 Å². The van der Waals surface area contributed by atoms with Gasteiger partial charge >= 0.3 is 5.69 Å². The number of aryl methyl sites for hydroxylation is 1. The summed E-state index contributed by atoms with van der Waals surface area (Å²) < 4.78 is 6.47. The van der Waals surface area contributed by atoms with Crippen LogP contribution < -0.4 is 21.5 Å². The molecule has 186 valence electrons. The second kappa shape index (κ2) is 11.4. The third kappa shape index (κ3) is 6.50. The number of carbonyl (C=O) groups is 1. The Morgan fingerprint density at radius 1 is 1.25 bits per heavy atom. The van der Waals surface area contributed by atoms with Crippen molar-refractivity contribution in [3.05, 3.63) is 87.9 Å². The minimum atomic E-state index is -0.833. The minimum Gasteiger partial charge on any atom is -0.481 e. The Kier molecular flexibility index (Phi) is 8.07. The third-order valence-corrected chi connectivity index (χ3v) is 4.69. The SMILES string of the molecule is CC(=O)O.COc1cc(C(Nc2ccc(C(=N)N)cc2)c2nn(-c3cccnn3)c(=O)[nH]2)cc(C)n1. The summed E-state index contributed by atoms with van der Waals surface area (Å²) in [5.41, 5.74) is 7.97. The number of hydrogen-bond donors (Lipinski definition) is 5. The molecule has 1 unspecified atom stereocenters. The highest BCUT2D eigenvalue weighted by Crippen LogP contribution is 2.27. The number of carboxylic acid groups (broad SMARTS) is 1. The highest BCUT2D eigenvalue weighted by Gasteiger charge is 2.22. The lowest BCUT2D eigenvalue weighted by Crippen LogP contribution is -2.17. The maximum atomic E-state index is 12.6. The van der Waals surface area contributed by atoms with Gasteiger partial charge in [0.05, 0.1) is 7.11 Å². The third-order valence-electron chi connectivity index (χ3n) is 4.69. The van der Waals surface area contributed by atoms with E-state index in [1.54, 1.807) is 49.6 Å². The first kappa shape index (κ1) is 25.6. The number of carboxylic acids is 1. The van der Waals surface area contributed by atoms with Gasteiger partial charge in [-0.15, -0.1) is 10.2 Å². The number of H-pyrrole nitrogens is 1. The molecule has 0 bridgehead atoms. The molecule has 0 amide bonds. The zero-order chi connectivity index (χ0) is 26.2. The molecule has 4 aromatic rings. The van der Waals surface area contributed by atoms with Crippen LogP contribution in [0.4, 0.5) is 5.69 Å². The topological polar surface area (TPSA) is 198 Å². The zero-order valence-electron chi connectivity index (χ0n) is 19.8. The van der Waals surface area contributed by atoms with Crippen LogP contribution in [0.25, 0.3) is 5.82 Å². The summed E-state index contributed by atoms with van der Waals surface area (Å²) in [5, 5.41) is 30.6. The predicted molar refractivity (Wildman–Crippen MR) is 132 cm³/mol. The Bertz CT molecular complexity index is 1400. The van der Waals surface area contributed by atoms with E-state index in [1.165, 1.54) is 6.20 Å². The summed E-state index contributed by atoms with van der Waals surface area (Å²) in [6.45, 7) is 2.94. The number of nitrogens with two attached hydrogens (primary N) is 1. The molecule has 0 saturated carbocycles.